The summed E-state index contributed by atoms with van der Waals surface area (Å²) in [6.07, 6.45) is -5.26. The average Bonchev–Trinajstić information content (AvgIpc) is 2.84. The Hall–Kier alpha value is -2.00. The summed E-state index contributed by atoms with van der Waals surface area (Å²) in [6, 6.07) is 1.51. The number of alkyl halides is 3. The minimum atomic E-state index is -4.63. The number of aromatic amines is 1. The van der Waals surface area contributed by atoms with Gasteiger partial charge < -0.3 is 10.0 Å². The Morgan fingerprint density at radius 2 is 2.12 bits per heavy atom. The first-order valence-electron chi connectivity index (χ1n) is 7.48. The van der Waals surface area contributed by atoms with E-state index in [9.17, 15) is 22.8 Å². The van der Waals surface area contributed by atoms with Gasteiger partial charge in [-0.05, 0) is 23.6 Å². The van der Waals surface area contributed by atoms with E-state index in [4.69, 9.17) is 28.3 Å². The highest BCUT2D eigenvalue weighted by Crippen LogP contribution is 2.37. The number of hydrogen-bond acceptors (Lipinski definition) is 3. The van der Waals surface area contributed by atoms with E-state index >= 15 is 0 Å². The summed E-state index contributed by atoms with van der Waals surface area (Å²) in [5.41, 5.74) is 1.22. The normalized spacial score (nSPS) is 18.1. The fourth-order valence-electron chi connectivity index (χ4n) is 3.20. The Kier molecular flexibility index (Phi) is 4.78. The van der Waals surface area contributed by atoms with Crippen LogP contribution < -0.4 is 0 Å². The topological polar surface area (TPSA) is 86.3 Å². The van der Waals surface area contributed by atoms with Crippen molar-refractivity contribution in [3.05, 3.63) is 27.4 Å². The van der Waals surface area contributed by atoms with Gasteiger partial charge >= 0.3 is 12.1 Å². The third kappa shape index (κ3) is 3.59. The molecule has 1 aromatic carbocycles. The Morgan fingerprint density at radius 1 is 1.42 bits per heavy atom. The van der Waals surface area contributed by atoms with E-state index in [2.05, 4.69) is 10.2 Å². The predicted molar refractivity (Wildman–Crippen MR) is 87.0 cm³/mol. The standard InChI is InChI=1S/C15H12Cl2F3N3O3/c16-9-2-6-1-7(3-10(24)25)14(26)23(5-15(18,19)20)4-8(6)11-12(9)21-22-13(11)17/h2,7H,1,3-5H2,(H,21,22)(H,24,25). The molecule has 0 saturated heterocycles. The fourth-order valence-corrected chi connectivity index (χ4v) is 3.72. The molecule has 2 heterocycles. The smallest absolute Gasteiger partial charge is 0.406 e. The molecule has 1 atom stereocenters. The fraction of sp³-hybridized carbons (Fsp3) is 0.400. The van der Waals surface area contributed by atoms with Crippen LogP contribution in [0.4, 0.5) is 13.2 Å². The second-order valence-electron chi connectivity index (χ2n) is 6.07. The first-order chi connectivity index (χ1) is 12.1. The molecule has 2 aromatic rings. The Balaban J connectivity index is 2.16. The third-order valence-electron chi connectivity index (χ3n) is 4.22. The van der Waals surface area contributed by atoms with E-state index in [1.165, 1.54) is 6.07 Å². The molecule has 0 saturated carbocycles. The number of hydrogen-bond donors (Lipinski definition) is 2. The van der Waals surface area contributed by atoms with Crippen LogP contribution in [0.3, 0.4) is 0 Å². The van der Waals surface area contributed by atoms with Gasteiger partial charge in [0.05, 0.1) is 22.9 Å². The maximum atomic E-state index is 12.9. The van der Waals surface area contributed by atoms with Gasteiger partial charge in [-0.25, -0.2) is 0 Å². The number of rotatable bonds is 3. The van der Waals surface area contributed by atoms with Crippen LogP contribution >= 0.6 is 23.2 Å². The number of carboxylic acids is 1. The molecule has 1 aliphatic heterocycles. The van der Waals surface area contributed by atoms with Crippen LogP contribution in [0.5, 0.6) is 0 Å². The largest absolute Gasteiger partial charge is 0.481 e. The van der Waals surface area contributed by atoms with Gasteiger partial charge in [-0.15, -0.1) is 0 Å². The summed E-state index contributed by atoms with van der Waals surface area (Å²) < 4.78 is 38.8. The number of aromatic nitrogens is 2. The molecule has 0 spiro atoms. The van der Waals surface area contributed by atoms with Crippen molar-refractivity contribution < 1.29 is 27.9 Å². The van der Waals surface area contributed by atoms with E-state index in [1.54, 1.807) is 0 Å². The van der Waals surface area contributed by atoms with Crippen LogP contribution in [0.25, 0.3) is 10.9 Å². The van der Waals surface area contributed by atoms with Crippen LogP contribution in [-0.2, 0) is 22.6 Å². The lowest BCUT2D eigenvalue weighted by Gasteiger charge is -2.25. The van der Waals surface area contributed by atoms with Crippen molar-refractivity contribution in [3.63, 3.8) is 0 Å². The predicted octanol–water partition coefficient (Wildman–Crippen LogP) is 3.41. The number of nitrogens with one attached hydrogen (secondary N) is 1. The average molecular weight is 410 g/mol. The van der Waals surface area contributed by atoms with E-state index < -0.39 is 36.9 Å². The van der Waals surface area contributed by atoms with Gasteiger partial charge in [-0.3, -0.25) is 14.7 Å². The van der Waals surface area contributed by atoms with Crippen molar-refractivity contribution in [2.75, 3.05) is 6.54 Å². The molecule has 1 aliphatic rings. The lowest BCUT2D eigenvalue weighted by molar-refractivity contribution is -0.165. The highest BCUT2D eigenvalue weighted by atomic mass is 35.5. The number of carbonyl (C=O) groups is 2. The zero-order chi connectivity index (χ0) is 19.2. The summed E-state index contributed by atoms with van der Waals surface area (Å²) in [5.74, 6) is -3.27. The Bertz CT molecular complexity index is 898. The Morgan fingerprint density at radius 3 is 2.73 bits per heavy atom. The number of fused-ring (bicyclic) bond motifs is 3. The highest BCUT2D eigenvalue weighted by Gasteiger charge is 2.39. The zero-order valence-corrected chi connectivity index (χ0v) is 14.5. The monoisotopic (exact) mass is 409 g/mol. The van der Waals surface area contributed by atoms with Crippen molar-refractivity contribution in [1.29, 1.82) is 0 Å². The number of carboxylic acid groups (broad SMARTS) is 1. The molecule has 0 aliphatic carbocycles. The number of amides is 1. The number of aliphatic carboxylic acids is 1. The molecular weight excluding hydrogens is 398 g/mol. The number of carbonyl (C=O) groups excluding carboxylic acids is 1. The molecule has 0 radical (unpaired) electrons. The van der Waals surface area contributed by atoms with Crippen molar-refractivity contribution in [3.8, 4) is 0 Å². The lowest BCUT2D eigenvalue weighted by atomic mass is 9.93. The number of halogens is 5. The molecule has 6 nitrogen and oxygen atoms in total. The molecule has 26 heavy (non-hydrogen) atoms. The van der Waals surface area contributed by atoms with Crippen molar-refractivity contribution in [2.24, 2.45) is 5.92 Å². The van der Waals surface area contributed by atoms with Gasteiger partial charge in [0.2, 0.25) is 5.91 Å². The molecule has 0 bridgehead atoms. The number of H-pyrrole nitrogens is 1. The molecule has 0 fully saturated rings. The SMILES string of the molecule is O=C(O)CC1Cc2cc(Cl)c3[nH]nc(Cl)c3c2CN(CC(F)(F)F)C1=O. The molecule has 1 unspecified atom stereocenters. The van der Waals surface area contributed by atoms with Gasteiger partial charge in [0, 0.05) is 11.9 Å². The van der Waals surface area contributed by atoms with Gasteiger partial charge in [0.25, 0.3) is 0 Å². The van der Waals surface area contributed by atoms with E-state index in [1.807, 2.05) is 0 Å². The van der Waals surface area contributed by atoms with Crippen LogP contribution in [0.15, 0.2) is 6.07 Å². The molecule has 3 rings (SSSR count). The minimum Gasteiger partial charge on any atom is -0.481 e. The quantitative estimate of drug-likeness (QED) is 0.812. The third-order valence-corrected chi connectivity index (χ3v) is 4.79. The summed E-state index contributed by atoms with van der Waals surface area (Å²) in [6.45, 7) is -1.85. The van der Waals surface area contributed by atoms with Crippen LogP contribution in [0, 0.1) is 5.92 Å². The molecule has 1 amide bonds. The minimum absolute atomic E-state index is 0.0230. The maximum absolute atomic E-state index is 12.9. The molecule has 2 N–H and O–H groups in total. The first kappa shape index (κ1) is 18.8. The number of benzene rings is 1. The summed E-state index contributed by atoms with van der Waals surface area (Å²) in [7, 11) is 0. The van der Waals surface area contributed by atoms with Crippen molar-refractivity contribution >= 4 is 46.0 Å². The zero-order valence-electron chi connectivity index (χ0n) is 13.0. The summed E-state index contributed by atoms with van der Waals surface area (Å²) in [5, 5.41) is 16.1. The lowest BCUT2D eigenvalue weighted by Crippen LogP contribution is -2.41. The van der Waals surface area contributed by atoms with Gasteiger partial charge in [-0.1, -0.05) is 23.2 Å². The van der Waals surface area contributed by atoms with E-state index in [0.29, 0.717) is 26.9 Å². The molecule has 1 aromatic heterocycles. The van der Waals surface area contributed by atoms with E-state index in [-0.39, 0.29) is 23.1 Å². The van der Waals surface area contributed by atoms with Crippen LogP contribution in [0.2, 0.25) is 10.2 Å². The Labute approximate surface area is 154 Å². The van der Waals surface area contributed by atoms with E-state index in [0.717, 1.165) is 0 Å². The van der Waals surface area contributed by atoms with Crippen molar-refractivity contribution in [1.82, 2.24) is 15.1 Å². The van der Waals surface area contributed by atoms with Gasteiger partial charge in [0.1, 0.15) is 6.54 Å². The van der Waals surface area contributed by atoms with Crippen LogP contribution in [-0.4, -0.2) is 44.8 Å². The second kappa shape index (κ2) is 6.62. The highest BCUT2D eigenvalue weighted by molar-refractivity contribution is 6.39. The molecule has 140 valence electrons. The van der Waals surface area contributed by atoms with Crippen LogP contribution in [0.1, 0.15) is 17.5 Å². The van der Waals surface area contributed by atoms with Gasteiger partial charge in [0.15, 0.2) is 5.15 Å². The second-order valence-corrected chi connectivity index (χ2v) is 6.83. The van der Waals surface area contributed by atoms with Gasteiger partial charge in [-0.2, -0.15) is 18.3 Å². The summed E-state index contributed by atoms with van der Waals surface area (Å²) in [4.78, 5) is 24.2. The first-order valence-corrected chi connectivity index (χ1v) is 8.23. The molecular formula is C15H12Cl2F3N3O3. The number of nitrogens with zero attached hydrogens (tertiary/aromatic N) is 2. The molecule has 11 heteroatoms. The summed E-state index contributed by atoms with van der Waals surface area (Å²) >= 11 is 12.2. The maximum Gasteiger partial charge on any atom is 0.406 e. The van der Waals surface area contributed by atoms with Crippen molar-refractivity contribution in [2.45, 2.75) is 25.6 Å².